The highest BCUT2D eigenvalue weighted by atomic mass is 32.2. The quantitative estimate of drug-likeness (QED) is 0.153. The van der Waals surface area contributed by atoms with Crippen LogP contribution in [0.1, 0.15) is 47.0 Å². The number of thiazole rings is 1. The van der Waals surface area contributed by atoms with Gasteiger partial charge in [-0.25, -0.2) is 13.4 Å². The summed E-state index contributed by atoms with van der Waals surface area (Å²) in [6.45, 7) is 4.35. The molecule has 0 spiro atoms. The second-order valence-electron chi connectivity index (χ2n) is 9.25. The van der Waals surface area contributed by atoms with E-state index in [-0.39, 0.29) is 21.5 Å². The van der Waals surface area contributed by atoms with Crippen molar-refractivity contribution in [1.29, 1.82) is 0 Å². The number of fused-ring (bicyclic) bond motifs is 1. The molecule has 1 atom stereocenters. The zero-order chi connectivity index (χ0) is 27.7. The fourth-order valence-electron chi connectivity index (χ4n) is 4.38. The summed E-state index contributed by atoms with van der Waals surface area (Å²) in [5.41, 5.74) is 1.98. The average Bonchev–Trinajstić information content (AvgIpc) is 3.56. The van der Waals surface area contributed by atoms with Gasteiger partial charge in [-0.2, -0.15) is 14.4 Å². The number of carbonyl (C=O) groups is 1. The van der Waals surface area contributed by atoms with E-state index in [9.17, 15) is 23.3 Å². The Balaban J connectivity index is 1.48. The number of hydrazone groups is 1. The zero-order valence-corrected chi connectivity index (χ0v) is 23.6. The van der Waals surface area contributed by atoms with E-state index in [1.807, 2.05) is 32.0 Å². The van der Waals surface area contributed by atoms with Crippen molar-refractivity contribution in [1.82, 2.24) is 9.29 Å². The average molecular weight is 584 g/mol. The molecule has 0 radical (unpaired) electrons. The second-order valence-corrected chi connectivity index (χ2v) is 13.2. The molecule has 1 aliphatic heterocycles. The van der Waals surface area contributed by atoms with Crippen molar-refractivity contribution < 1.29 is 18.1 Å². The summed E-state index contributed by atoms with van der Waals surface area (Å²) in [4.78, 5) is 29.4. The minimum Gasteiger partial charge on any atom is -0.267 e. The number of nitrogens with zero attached hydrogens (tertiary/aromatic N) is 5. The standard InChI is InChI=1S/C26H25N5O5S3/c1-17-6-12-22-23(15-17)38-26(28-22)30(27-16-20-9-13-24(37-20)31(33)34)25(32)19-7-10-21(11-8-19)39(35,36)29-14-4-3-5-18(29)2/h6-13,15-16,18H,3-5,14H2,1-2H3/b27-16+. The van der Waals surface area contributed by atoms with Gasteiger partial charge in [-0.1, -0.05) is 35.2 Å². The Morgan fingerprint density at radius 1 is 1.15 bits per heavy atom. The summed E-state index contributed by atoms with van der Waals surface area (Å²) in [5, 5.41) is 16.8. The van der Waals surface area contributed by atoms with Gasteiger partial charge in [0.25, 0.3) is 5.91 Å². The lowest BCUT2D eigenvalue weighted by Gasteiger charge is -2.32. The predicted octanol–water partition coefficient (Wildman–Crippen LogP) is 5.82. The van der Waals surface area contributed by atoms with Crippen LogP contribution in [-0.4, -0.2) is 47.3 Å². The van der Waals surface area contributed by atoms with E-state index in [2.05, 4.69) is 10.1 Å². The van der Waals surface area contributed by atoms with Crippen molar-refractivity contribution in [2.75, 3.05) is 11.6 Å². The first kappa shape index (κ1) is 27.1. The molecule has 0 aliphatic carbocycles. The van der Waals surface area contributed by atoms with Gasteiger partial charge in [0, 0.05) is 24.2 Å². The van der Waals surface area contributed by atoms with Crippen LogP contribution in [0.15, 0.2) is 64.6 Å². The minimum atomic E-state index is -3.68. The van der Waals surface area contributed by atoms with Crippen LogP contribution in [-0.2, 0) is 10.0 Å². The summed E-state index contributed by atoms with van der Waals surface area (Å²) in [6, 6.07) is 14.4. The first-order valence-corrected chi connectivity index (χ1v) is 15.3. The third-order valence-electron chi connectivity index (χ3n) is 6.45. The number of sulfonamides is 1. The molecule has 5 rings (SSSR count). The van der Waals surface area contributed by atoms with E-state index in [0.29, 0.717) is 22.1 Å². The number of thiophene rings is 1. The molecule has 3 heterocycles. The highest BCUT2D eigenvalue weighted by Gasteiger charge is 2.31. The minimum absolute atomic E-state index is 0.0374. The van der Waals surface area contributed by atoms with E-state index in [4.69, 9.17) is 0 Å². The molecule has 202 valence electrons. The second kappa shape index (κ2) is 10.9. The molecule has 1 fully saturated rings. The number of aromatic nitrogens is 1. The van der Waals surface area contributed by atoms with Gasteiger partial charge in [0.2, 0.25) is 15.2 Å². The zero-order valence-electron chi connectivity index (χ0n) is 21.2. The van der Waals surface area contributed by atoms with E-state index >= 15 is 0 Å². The first-order chi connectivity index (χ1) is 18.6. The molecule has 2 aromatic carbocycles. The van der Waals surface area contributed by atoms with Crippen LogP contribution in [0.4, 0.5) is 10.1 Å². The molecule has 4 aromatic rings. The van der Waals surface area contributed by atoms with Crippen molar-refractivity contribution >= 4 is 65.2 Å². The van der Waals surface area contributed by atoms with Crippen molar-refractivity contribution in [3.8, 4) is 0 Å². The van der Waals surface area contributed by atoms with E-state index < -0.39 is 20.9 Å². The number of piperidine rings is 1. The number of hydrogen-bond donors (Lipinski definition) is 0. The smallest absolute Gasteiger partial charge is 0.267 e. The van der Waals surface area contributed by atoms with Gasteiger partial charge in [0.05, 0.1) is 31.1 Å². The SMILES string of the molecule is Cc1ccc2nc(N(/N=C/c3ccc([N+](=O)[O-])s3)C(=O)c3ccc(S(=O)(=O)N4CCCCC4C)cc3)sc2c1. The van der Waals surface area contributed by atoms with Crippen LogP contribution in [0.25, 0.3) is 10.2 Å². The number of anilines is 1. The summed E-state index contributed by atoms with van der Waals surface area (Å²) in [5.74, 6) is -0.511. The number of amides is 1. The number of nitro groups is 1. The number of benzene rings is 2. The van der Waals surface area contributed by atoms with Crippen molar-refractivity contribution in [2.45, 2.75) is 44.0 Å². The Bertz CT molecular complexity index is 1680. The number of rotatable bonds is 7. The Labute approximate surface area is 233 Å². The molecular formula is C26H25N5O5S3. The topological polar surface area (TPSA) is 126 Å². The summed E-state index contributed by atoms with van der Waals surface area (Å²) in [7, 11) is -3.68. The van der Waals surface area contributed by atoms with Gasteiger partial charge in [0.15, 0.2) is 0 Å². The van der Waals surface area contributed by atoms with E-state index in [1.54, 1.807) is 6.07 Å². The number of carbonyl (C=O) groups excluding carboxylic acids is 1. The van der Waals surface area contributed by atoms with Gasteiger partial charge in [-0.05, 0) is 74.7 Å². The number of aryl methyl sites for hydroxylation is 1. The van der Waals surface area contributed by atoms with Crippen LogP contribution in [0.2, 0.25) is 0 Å². The third kappa shape index (κ3) is 5.62. The maximum atomic E-state index is 13.7. The van der Waals surface area contributed by atoms with E-state index in [1.165, 1.54) is 52.2 Å². The predicted molar refractivity (Wildman–Crippen MR) is 153 cm³/mol. The molecule has 0 bridgehead atoms. The third-order valence-corrected chi connectivity index (χ3v) is 10.4. The normalized spacial score (nSPS) is 16.6. The highest BCUT2D eigenvalue weighted by molar-refractivity contribution is 7.89. The molecule has 0 N–H and O–H groups in total. The lowest BCUT2D eigenvalue weighted by atomic mass is 10.1. The fourth-order valence-corrected chi connectivity index (χ4v) is 7.79. The Morgan fingerprint density at radius 2 is 1.92 bits per heavy atom. The molecular weight excluding hydrogens is 559 g/mol. The summed E-state index contributed by atoms with van der Waals surface area (Å²) < 4.78 is 28.8. The lowest BCUT2D eigenvalue weighted by Crippen LogP contribution is -2.41. The molecule has 0 saturated carbocycles. The highest BCUT2D eigenvalue weighted by Crippen LogP contribution is 2.32. The summed E-state index contributed by atoms with van der Waals surface area (Å²) >= 11 is 2.22. The molecule has 39 heavy (non-hydrogen) atoms. The van der Waals surface area contributed by atoms with Crippen molar-refractivity contribution in [3.05, 3.63) is 80.7 Å². The van der Waals surface area contributed by atoms with Gasteiger partial charge in [-0.15, -0.1) is 0 Å². The molecule has 1 aliphatic rings. The largest absolute Gasteiger partial charge is 0.324 e. The molecule has 10 nitrogen and oxygen atoms in total. The van der Waals surface area contributed by atoms with Gasteiger partial charge < -0.3 is 0 Å². The maximum absolute atomic E-state index is 13.7. The molecule has 1 amide bonds. The Morgan fingerprint density at radius 3 is 2.62 bits per heavy atom. The Kier molecular flexibility index (Phi) is 7.58. The van der Waals surface area contributed by atoms with Crippen molar-refractivity contribution in [2.24, 2.45) is 5.10 Å². The van der Waals surface area contributed by atoms with Crippen LogP contribution in [0.3, 0.4) is 0 Å². The Hall–Kier alpha value is -3.52. The van der Waals surface area contributed by atoms with Gasteiger partial charge in [-0.3, -0.25) is 14.9 Å². The molecule has 1 unspecified atom stereocenters. The maximum Gasteiger partial charge on any atom is 0.324 e. The molecule has 13 heteroatoms. The van der Waals surface area contributed by atoms with Crippen LogP contribution in [0, 0.1) is 17.0 Å². The first-order valence-electron chi connectivity index (χ1n) is 12.3. The lowest BCUT2D eigenvalue weighted by molar-refractivity contribution is -0.380. The van der Waals surface area contributed by atoms with Gasteiger partial charge >= 0.3 is 5.00 Å². The number of hydrogen-bond acceptors (Lipinski definition) is 9. The van der Waals surface area contributed by atoms with Crippen LogP contribution in [0.5, 0.6) is 0 Å². The van der Waals surface area contributed by atoms with Crippen molar-refractivity contribution in [3.63, 3.8) is 0 Å². The monoisotopic (exact) mass is 583 g/mol. The molecule has 1 saturated heterocycles. The van der Waals surface area contributed by atoms with Crippen LogP contribution < -0.4 is 5.01 Å². The van der Waals surface area contributed by atoms with Gasteiger partial charge in [0.1, 0.15) is 0 Å². The fraction of sp³-hybridized carbons (Fsp3) is 0.269. The molecule has 2 aromatic heterocycles. The summed E-state index contributed by atoms with van der Waals surface area (Å²) in [6.07, 6.45) is 4.02. The van der Waals surface area contributed by atoms with Crippen LogP contribution >= 0.6 is 22.7 Å². The van der Waals surface area contributed by atoms with E-state index in [0.717, 1.165) is 45.9 Å².